The van der Waals surface area contributed by atoms with Crippen LogP contribution in [0.5, 0.6) is 5.75 Å². The van der Waals surface area contributed by atoms with E-state index in [1.807, 2.05) is 12.1 Å². The van der Waals surface area contributed by atoms with E-state index in [0.29, 0.717) is 32.3 Å². The standard InChI is InChI=1S/C14H11BrCl2N2OS/c1-20-13-5-3-9(16)7-12(13)19-14(21)18-11-4-2-8(15)6-10(11)17/h2-7H,1H3,(H2,18,19,21). The molecule has 21 heavy (non-hydrogen) atoms. The van der Waals surface area contributed by atoms with Crippen molar-refractivity contribution in [2.75, 3.05) is 17.7 Å². The lowest BCUT2D eigenvalue weighted by Crippen LogP contribution is -2.19. The molecule has 0 spiro atoms. The molecule has 0 bridgehead atoms. The summed E-state index contributed by atoms with van der Waals surface area (Å²) in [6.07, 6.45) is 0. The Hall–Kier alpha value is -1.01. The molecule has 2 N–H and O–H groups in total. The molecular weight excluding hydrogens is 395 g/mol. The van der Waals surface area contributed by atoms with E-state index < -0.39 is 0 Å². The molecule has 0 fully saturated rings. The Balaban J connectivity index is 2.13. The van der Waals surface area contributed by atoms with Crippen molar-refractivity contribution in [1.82, 2.24) is 0 Å². The quantitative estimate of drug-likeness (QED) is 0.653. The first-order valence-electron chi connectivity index (χ1n) is 5.86. The normalized spacial score (nSPS) is 10.1. The summed E-state index contributed by atoms with van der Waals surface area (Å²) in [5.41, 5.74) is 1.38. The monoisotopic (exact) mass is 404 g/mol. The van der Waals surface area contributed by atoms with Crippen LogP contribution in [-0.4, -0.2) is 12.2 Å². The van der Waals surface area contributed by atoms with Crippen molar-refractivity contribution in [2.45, 2.75) is 0 Å². The number of rotatable bonds is 3. The molecule has 0 saturated heterocycles. The SMILES string of the molecule is COc1ccc(Cl)cc1NC(=S)Nc1ccc(Br)cc1Cl. The number of ether oxygens (including phenoxy) is 1. The van der Waals surface area contributed by atoms with Gasteiger partial charge in [0.05, 0.1) is 23.5 Å². The highest BCUT2D eigenvalue weighted by atomic mass is 79.9. The summed E-state index contributed by atoms with van der Waals surface area (Å²) >= 11 is 20.7. The molecule has 0 saturated carbocycles. The van der Waals surface area contributed by atoms with Crippen LogP contribution in [0.1, 0.15) is 0 Å². The summed E-state index contributed by atoms with van der Waals surface area (Å²) in [7, 11) is 1.58. The van der Waals surface area contributed by atoms with E-state index in [1.54, 1.807) is 31.4 Å². The number of benzene rings is 2. The number of anilines is 2. The summed E-state index contributed by atoms with van der Waals surface area (Å²) in [4.78, 5) is 0. The van der Waals surface area contributed by atoms with Gasteiger partial charge in [-0.3, -0.25) is 0 Å². The van der Waals surface area contributed by atoms with Crippen LogP contribution in [0.4, 0.5) is 11.4 Å². The molecule has 0 radical (unpaired) electrons. The number of hydrogen-bond donors (Lipinski definition) is 2. The van der Waals surface area contributed by atoms with Gasteiger partial charge in [-0.2, -0.15) is 0 Å². The molecule has 2 aromatic carbocycles. The number of methoxy groups -OCH3 is 1. The molecular formula is C14H11BrCl2N2OS. The summed E-state index contributed by atoms with van der Waals surface area (Å²) in [5.74, 6) is 0.644. The minimum absolute atomic E-state index is 0.389. The maximum absolute atomic E-state index is 6.13. The van der Waals surface area contributed by atoms with Crippen LogP contribution in [0.2, 0.25) is 10.0 Å². The Labute approximate surface area is 146 Å². The summed E-state index contributed by atoms with van der Waals surface area (Å²) < 4.78 is 6.15. The van der Waals surface area contributed by atoms with Crippen LogP contribution < -0.4 is 15.4 Å². The largest absolute Gasteiger partial charge is 0.495 e. The smallest absolute Gasteiger partial charge is 0.175 e. The first kappa shape index (κ1) is 16.4. The van der Waals surface area contributed by atoms with E-state index in [2.05, 4.69) is 26.6 Å². The Morgan fingerprint density at radius 2 is 1.81 bits per heavy atom. The molecule has 0 atom stereocenters. The van der Waals surface area contributed by atoms with E-state index in [1.165, 1.54) is 0 Å². The van der Waals surface area contributed by atoms with Crippen molar-refractivity contribution in [2.24, 2.45) is 0 Å². The number of nitrogens with one attached hydrogen (secondary N) is 2. The third kappa shape index (κ3) is 4.48. The minimum Gasteiger partial charge on any atom is -0.495 e. The van der Waals surface area contributed by atoms with Crippen molar-refractivity contribution in [3.8, 4) is 5.75 Å². The van der Waals surface area contributed by atoms with Gasteiger partial charge >= 0.3 is 0 Å². The minimum atomic E-state index is 0.389. The van der Waals surface area contributed by atoms with Crippen LogP contribution in [0.3, 0.4) is 0 Å². The molecule has 0 aliphatic carbocycles. The van der Waals surface area contributed by atoms with Gasteiger partial charge < -0.3 is 15.4 Å². The summed E-state index contributed by atoms with van der Waals surface area (Å²) in [5, 5.41) is 7.59. The van der Waals surface area contributed by atoms with Crippen LogP contribution in [-0.2, 0) is 0 Å². The fourth-order valence-electron chi connectivity index (χ4n) is 1.64. The van der Waals surface area contributed by atoms with Gasteiger partial charge in [-0.25, -0.2) is 0 Å². The molecule has 0 unspecified atom stereocenters. The zero-order valence-electron chi connectivity index (χ0n) is 10.9. The molecule has 2 aromatic rings. The molecule has 110 valence electrons. The van der Waals surface area contributed by atoms with Gasteiger partial charge in [0.15, 0.2) is 5.11 Å². The van der Waals surface area contributed by atoms with Crippen molar-refractivity contribution < 1.29 is 4.74 Å². The maximum Gasteiger partial charge on any atom is 0.175 e. The van der Waals surface area contributed by atoms with Gasteiger partial charge in [0, 0.05) is 9.50 Å². The molecule has 3 nitrogen and oxygen atoms in total. The molecule has 7 heteroatoms. The van der Waals surface area contributed by atoms with Gasteiger partial charge in [-0.15, -0.1) is 0 Å². The molecule has 0 aliphatic rings. The molecule has 0 amide bonds. The lowest BCUT2D eigenvalue weighted by molar-refractivity contribution is 0.417. The van der Waals surface area contributed by atoms with E-state index in [9.17, 15) is 0 Å². The second-order valence-electron chi connectivity index (χ2n) is 4.05. The van der Waals surface area contributed by atoms with E-state index in [4.69, 9.17) is 40.2 Å². The Kier molecular flexibility index (Phi) is 5.70. The topological polar surface area (TPSA) is 33.3 Å². The highest BCUT2D eigenvalue weighted by molar-refractivity contribution is 9.10. The third-order valence-electron chi connectivity index (χ3n) is 2.59. The van der Waals surface area contributed by atoms with Crippen LogP contribution in [0.15, 0.2) is 40.9 Å². The van der Waals surface area contributed by atoms with Gasteiger partial charge in [-0.05, 0) is 48.6 Å². The molecule has 0 aliphatic heterocycles. The highest BCUT2D eigenvalue weighted by Gasteiger charge is 2.08. The van der Waals surface area contributed by atoms with Crippen molar-refractivity contribution >= 4 is 67.8 Å². The zero-order valence-corrected chi connectivity index (χ0v) is 14.8. The van der Waals surface area contributed by atoms with Gasteiger partial charge in [0.1, 0.15) is 5.75 Å². The average molecular weight is 406 g/mol. The lowest BCUT2D eigenvalue weighted by atomic mass is 10.3. The van der Waals surface area contributed by atoms with E-state index in [0.717, 1.165) is 4.47 Å². The van der Waals surface area contributed by atoms with Crippen LogP contribution in [0, 0.1) is 0 Å². The first-order chi connectivity index (χ1) is 9.99. The van der Waals surface area contributed by atoms with E-state index in [-0.39, 0.29) is 0 Å². The second kappa shape index (κ2) is 7.31. The maximum atomic E-state index is 6.13. The van der Waals surface area contributed by atoms with Gasteiger partial charge in [0.25, 0.3) is 0 Å². The Morgan fingerprint density at radius 1 is 1.10 bits per heavy atom. The van der Waals surface area contributed by atoms with E-state index >= 15 is 0 Å². The van der Waals surface area contributed by atoms with Crippen LogP contribution in [0.25, 0.3) is 0 Å². The third-order valence-corrected chi connectivity index (χ3v) is 3.83. The fourth-order valence-corrected chi connectivity index (χ4v) is 2.76. The molecule has 0 heterocycles. The van der Waals surface area contributed by atoms with Crippen molar-refractivity contribution in [1.29, 1.82) is 0 Å². The fraction of sp³-hybridized carbons (Fsp3) is 0.0714. The number of thiocarbonyl (C=S) groups is 1. The first-order valence-corrected chi connectivity index (χ1v) is 7.82. The van der Waals surface area contributed by atoms with Gasteiger partial charge in [0.2, 0.25) is 0 Å². The molecule has 0 aromatic heterocycles. The summed E-state index contributed by atoms with van der Waals surface area (Å²) in [6.45, 7) is 0. The van der Waals surface area contributed by atoms with Crippen molar-refractivity contribution in [3.05, 3.63) is 50.9 Å². The van der Waals surface area contributed by atoms with Crippen LogP contribution >= 0.6 is 51.3 Å². The second-order valence-corrected chi connectivity index (χ2v) is 6.22. The lowest BCUT2D eigenvalue weighted by Gasteiger charge is -2.14. The predicted molar refractivity (Wildman–Crippen MR) is 97.0 cm³/mol. The number of hydrogen-bond acceptors (Lipinski definition) is 2. The average Bonchev–Trinajstić information content (AvgIpc) is 2.42. The molecule has 2 rings (SSSR count). The predicted octanol–water partition coefficient (Wildman–Crippen LogP) is 5.57. The zero-order chi connectivity index (χ0) is 15.4. The Morgan fingerprint density at radius 3 is 2.48 bits per heavy atom. The number of halogens is 3. The van der Waals surface area contributed by atoms with Crippen molar-refractivity contribution in [3.63, 3.8) is 0 Å². The Bertz CT molecular complexity index is 682. The summed E-state index contributed by atoms with van der Waals surface area (Å²) in [6, 6.07) is 10.7. The van der Waals surface area contributed by atoms with Gasteiger partial charge in [-0.1, -0.05) is 39.1 Å². The highest BCUT2D eigenvalue weighted by Crippen LogP contribution is 2.29.